The summed E-state index contributed by atoms with van der Waals surface area (Å²) >= 11 is 0. The van der Waals surface area contributed by atoms with Crippen LogP contribution in [0.15, 0.2) is 0 Å². The maximum absolute atomic E-state index is 11.7. The molecule has 2 aliphatic heterocycles. The Morgan fingerprint density at radius 3 is 3.07 bits per heavy atom. The van der Waals surface area contributed by atoms with Gasteiger partial charge in [-0.2, -0.15) is 0 Å². The van der Waals surface area contributed by atoms with Gasteiger partial charge in [0.15, 0.2) is 5.78 Å². The van der Waals surface area contributed by atoms with Gasteiger partial charge in [-0.3, -0.25) is 4.79 Å². The van der Waals surface area contributed by atoms with Crippen LogP contribution in [0.2, 0.25) is 0 Å². The highest BCUT2D eigenvalue weighted by atomic mass is 16.6. The van der Waals surface area contributed by atoms with Gasteiger partial charge in [-0.25, -0.2) is 0 Å². The van der Waals surface area contributed by atoms with Crippen molar-refractivity contribution in [2.45, 2.75) is 24.9 Å². The zero-order valence-electron chi connectivity index (χ0n) is 9.16. The number of ether oxygens (including phenoxy) is 3. The van der Waals surface area contributed by atoms with Crippen molar-refractivity contribution in [2.75, 3.05) is 33.5 Å². The van der Waals surface area contributed by atoms with Crippen molar-refractivity contribution < 1.29 is 19.0 Å². The van der Waals surface area contributed by atoms with Gasteiger partial charge in [0.25, 0.3) is 0 Å². The highest BCUT2D eigenvalue weighted by molar-refractivity contribution is 5.82. The molecule has 2 unspecified atom stereocenters. The molecule has 1 spiro atoms. The lowest BCUT2D eigenvalue weighted by molar-refractivity contribution is -0.140. The Morgan fingerprint density at radius 2 is 2.40 bits per heavy atom. The standard InChI is InChI=1S/C11H18O4/c1-13-7-10(12)9-2-4-15-11(6-9)3-5-14-8-11/h9H,2-8H2,1H3. The van der Waals surface area contributed by atoms with Crippen molar-refractivity contribution in [3.63, 3.8) is 0 Å². The smallest absolute Gasteiger partial charge is 0.161 e. The molecule has 0 bridgehead atoms. The third-order valence-corrected chi connectivity index (χ3v) is 3.30. The Balaban J connectivity index is 1.94. The highest BCUT2D eigenvalue weighted by Gasteiger charge is 2.42. The van der Waals surface area contributed by atoms with Gasteiger partial charge in [-0.05, 0) is 12.8 Å². The Bertz CT molecular complexity index is 233. The number of methoxy groups -OCH3 is 1. The third kappa shape index (κ3) is 2.38. The van der Waals surface area contributed by atoms with Crippen molar-refractivity contribution in [1.82, 2.24) is 0 Å². The van der Waals surface area contributed by atoms with Gasteiger partial charge in [0, 0.05) is 32.7 Å². The van der Waals surface area contributed by atoms with Crippen LogP contribution in [-0.2, 0) is 19.0 Å². The summed E-state index contributed by atoms with van der Waals surface area (Å²) in [4.78, 5) is 11.7. The van der Waals surface area contributed by atoms with Crippen LogP contribution in [0.1, 0.15) is 19.3 Å². The molecule has 2 heterocycles. The molecular weight excluding hydrogens is 196 g/mol. The minimum absolute atomic E-state index is 0.0976. The SMILES string of the molecule is COCC(=O)C1CCOC2(CCOC2)C1. The lowest BCUT2D eigenvalue weighted by Crippen LogP contribution is -2.43. The zero-order chi connectivity index (χ0) is 10.7. The van der Waals surface area contributed by atoms with Gasteiger partial charge in [0.05, 0.1) is 12.2 Å². The summed E-state index contributed by atoms with van der Waals surface area (Å²) in [7, 11) is 1.56. The fourth-order valence-corrected chi connectivity index (χ4v) is 2.43. The molecule has 2 aliphatic rings. The molecule has 0 aromatic rings. The topological polar surface area (TPSA) is 44.8 Å². The van der Waals surface area contributed by atoms with E-state index in [9.17, 15) is 4.79 Å². The van der Waals surface area contributed by atoms with Gasteiger partial charge in [-0.1, -0.05) is 0 Å². The number of ketones is 1. The second-order valence-electron chi connectivity index (χ2n) is 4.42. The van der Waals surface area contributed by atoms with E-state index in [0.29, 0.717) is 13.2 Å². The second kappa shape index (κ2) is 4.60. The second-order valence-corrected chi connectivity index (χ2v) is 4.42. The molecule has 4 heteroatoms. The lowest BCUT2D eigenvalue weighted by atomic mass is 9.83. The Morgan fingerprint density at radius 1 is 1.53 bits per heavy atom. The van der Waals surface area contributed by atoms with Gasteiger partial charge in [0.2, 0.25) is 0 Å². The number of carbonyl (C=O) groups excluding carboxylic acids is 1. The van der Waals surface area contributed by atoms with E-state index in [-0.39, 0.29) is 23.9 Å². The minimum atomic E-state index is -0.174. The molecule has 0 radical (unpaired) electrons. The van der Waals surface area contributed by atoms with Crippen LogP contribution in [0.4, 0.5) is 0 Å². The highest BCUT2D eigenvalue weighted by Crippen LogP contribution is 2.36. The predicted octanol–water partition coefficient (Wildman–Crippen LogP) is 0.788. The van der Waals surface area contributed by atoms with Crippen LogP contribution in [0.5, 0.6) is 0 Å². The van der Waals surface area contributed by atoms with Crippen LogP contribution in [-0.4, -0.2) is 44.9 Å². The molecule has 0 aromatic heterocycles. The number of hydrogen-bond acceptors (Lipinski definition) is 4. The number of hydrogen-bond donors (Lipinski definition) is 0. The molecule has 2 rings (SSSR count). The minimum Gasteiger partial charge on any atom is -0.378 e. The number of carbonyl (C=O) groups is 1. The molecule has 0 amide bonds. The molecule has 2 saturated heterocycles. The van der Waals surface area contributed by atoms with E-state index in [4.69, 9.17) is 14.2 Å². The van der Waals surface area contributed by atoms with Crippen LogP contribution < -0.4 is 0 Å². The molecule has 4 nitrogen and oxygen atoms in total. The molecular formula is C11H18O4. The average Bonchev–Trinajstić information content (AvgIpc) is 2.67. The summed E-state index contributed by atoms with van der Waals surface area (Å²) in [5.74, 6) is 0.299. The molecule has 86 valence electrons. The van der Waals surface area contributed by atoms with E-state index in [1.807, 2.05) is 0 Å². The van der Waals surface area contributed by atoms with Gasteiger partial charge in [0.1, 0.15) is 6.61 Å². The summed E-state index contributed by atoms with van der Waals surface area (Å²) in [6, 6.07) is 0. The average molecular weight is 214 g/mol. The van der Waals surface area contributed by atoms with Crippen molar-refractivity contribution in [2.24, 2.45) is 5.92 Å². The molecule has 0 aromatic carbocycles. The van der Waals surface area contributed by atoms with E-state index in [1.165, 1.54) is 0 Å². The van der Waals surface area contributed by atoms with Crippen molar-refractivity contribution >= 4 is 5.78 Å². The molecule has 0 aliphatic carbocycles. The van der Waals surface area contributed by atoms with Crippen LogP contribution in [0.25, 0.3) is 0 Å². The summed E-state index contributed by atoms with van der Waals surface area (Å²) in [6.45, 7) is 2.29. The molecule has 2 atom stereocenters. The fourth-order valence-electron chi connectivity index (χ4n) is 2.43. The van der Waals surface area contributed by atoms with E-state index >= 15 is 0 Å². The fraction of sp³-hybridized carbons (Fsp3) is 0.909. The first-order valence-corrected chi connectivity index (χ1v) is 5.49. The Kier molecular flexibility index (Phi) is 3.38. The van der Waals surface area contributed by atoms with Crippen molar-refractivity contribution in [3.8, 4) is 0 Å². The van der Waals surface area contributed by atoms with E-state index < -0.39 is 0 Å². The third-order valence-electron chi connectivity index (χ3n) is 3.30. The molecule has 0 saturated carbocycles. The number of Topliss-reactive ketones (excluding diaryl/α,β-unsaturated/α-hetero) is 1. The number of rotatable bonds is 3. The predicted molar refractivity (Wildman–Crippen MR) is 53.7 cm³/mol. The summed E-state index contributed by atoms with van der Waals surface area (Å²) in [5, 5.41) is 0. The summed E-state index contributed by atoms with van der Waals surface area (Å²) in [6.07, 6.45) is 2.54. The van der Waals surface area contributed by atoms with Crippen molar-refractivity contribution in [1.29, 1.82) is 0 Å². The quantitative estimate of drug-likeness (QED) is 0.696. The van der Waals surface area contributed by atoms with E-state index in [1.54, 1.807) is 7.11 Å². The van der Waals surface area contributed by atoms with Crippen molar-refractivity contribution in [3.05, 3.63) is 0 Å². The first-order valence-electron chi connectivity index (χ1n) is 5.49. The van der Waals surface area contributed by atoms with Crippen LogP contribution in [0.3, 0.4) is 0 Å². The maximum atomic E-state index is 11.7. The van der Waals surface area contributed by atoms with Crippen LogP contribution >= 0.6 is 0 Å². The van der Waals surface area contributed by atoms with Crippen LogP contribution in [0, 0.1) is 5.92 Å². The maximum Gasteiger partial charge on any atom is 0.161 e. The molecule has 2 fully saturated rings. The van der Waals surface area contributed by atoms with Gasteiger partial charge in [-0.15, -0.1) is 0 Å². The summed E-state index contributed by atoms with van der Waals surface area (Å²) < 4.78 is 16.0. The van der Waals surface area contributed by atoms with E-state index in [2.05, 4.69) is 0 Å². The monoisotopic (exact) mass is 214 g/mol. The lowest BCUT2D eigenvalue weighted by Gasteiger charge is -2.36. The van der Waals surface area contributed by atoms with Gasteiger partial charge >= 0.3 is 0 Å². The molecule has 0 N–H and O–H groups in total. The van der Waals surface area contributed by atoms with Gasteiger partial charge < -0.3 is 14.2 Å². The Labute approximate surface area is 89.9 Å². The molecule has 15 heavy (non-hydrogen) atoms. The zero-order valence-corrected chi connectivity index (χ0v) is 9.16. The Hall–Kier alpha value is -0.450. The largest absolute Gasteiger partial charge is 0.378 e. The summed E-state index contributed by atoms with van der Waals surface area (Å²) in [5.41, 5.74) is -0.174. The first kappa shape index (κ1) is 11.0. The normalized spacial score (nSPS) is 35.9. The van der Waals surface area contributed by atoms with E-state index in [0.717, 1.165) is 25.9 Å². The first-order chi connectivity index (χ1) is 7.26.